The molecule has 44 valence electrons. The fraction of sp³-hybridized carbons (Fsp3) is 0.200. The van der Waals surface area contributed by atoms with Gasteiger partial charge in [0.25, 0.3) is 0 Å². The Morgan fingerprint density at radius 2 is 2.25 bits per heavy atom. The van der Waals surface area contributed by atoms with Gasteiger partial charge in [0.2, 0.25) is 6.29 Å². The van der Waals surface area contributed by atoms with E-state index >= 15 is 0 Å². The SMILES string of the molecule is OC(O)c1ccco1. The standard InChI is InChI=1S/C5H6O3/c6-5(7)4-2-1-3-8-4/h1-3,5-7H. The molecule has 0 atom stereocenters. The molecule has 0 radical (unpaired) electrons. The van der Waals surface area contributed by atoms with Crippen LogP contribution in [0.3, 0.4) is 0 Å². The number of furan rings is 1. The molecule has 0 saturated carbocycles. The molecule has 0 fully saturated rings. The summed E-state index contributed by atoms with van der Waals surface area (Å²) in [7, 11) is 0. The van der Waals surface area contributed by atoms with E-state index in [-0.39, 0.29) is 5.76 Å². The second-order valence-electron chi connectivity index (χ2n) is 1.39. The van der Waals surface area contributed by atoms with Gasteiger partial charge in [-0.05, 0) is 12.1 Å². The first kappa shape index (κ1) is 5.34. The fourth-order valence-electron chi connectivity index (χ4n) is 0.438. The van der Waals surface area contributed by atoms with Crippen molar-refractivity contribution in [3.63, 3.8) is 0 Å². The van der Waals surface area contributed by atoms with Gasteiger partial charge in [-0.15, -0.1) is 0 Å². The highest BCUT2D eigenvalue weighted by Crippen LogP contribution is 2.07. The van der Waals surface area contributed by atoms with Crippen molar-refractivity contribution >= 4 is 0 Å². The fourth-order valence-corrected chi connectivity index (χ4v) is 0.438. The van der Waals surface area contributed by atoms with Gasteiger partial charge in [0.15, 0.2) is 5.76 Å². The van der Waals surface area contributed by atoms with E-state index in [1.807, 2.05) is 0 Å². The Morgan fingerprint density at radius 1 is 1.50 bits per heavy atom. The van der Waals surface area contributed by atoms with Gasteiger partial charge in [-0.25, -0.2) is 0 Å². The van der Waals surface area contributed by atoms with E-state index in [0.717, 1.165) is 0 Å². The molecule has 0 aliphatic carbocycles. The maximum Gasteiger partial charge on any atom is 0.212 e. The van der Waals surface area contributed by atoms with Crippen molar-refractivity contribution in [3.05, 3.63) is 24.2 Å². The average molecular weight is 114 g/mol. The molecule has 1 aromatic rings. The molecule has 1 rings (SSSR count). The minimum absolute atomic E-state index is 0.171. The highest BCUT2D eigenvalue weighted by molar-refractivity contribution is 4.98. The summed E-state index contributed by atoms with van der Waals surface area (Å²) in [6.07, 6.45) is -0.0978. The highest BCUT2D eigenvalue weighted by atomic mass is 16.5. The van der Waals surface area contributed by atoms with Crippen LogP contribution in [0.25, 0.3) is 0 Å². The second kappa shape index (κ2) is 1.98. The summed E-state index contributed by atoms with van der Waals surface area (Å²) in [5.41, 5.74) is 0. The zero-order valence-electron chi connectivity index (χ0n) is 4.11. The van der Waals surface area contributed by atoms with E-state index in [0.29, 0.717) is 0 Å². The maximum absolute atomic E-state index is 8.37. The summed E-state index contributed by atoms with van der Waals surface area (Å²) < 4.78 is 4.59. The van der Waals surface area contributed by atoms with Gasteiger partial charge in [0.1, 0.15) is 0 Å². The summed E-state index contributed by atoms with van der Waals surface area (Å²) in [6, 6.07) is 3.08. The monoisotopic (exact) mass is 114 g/mol. The largest absolute Gasteiger partial charge is 0.464 e. The topological polar surface area (TPSA) is 53.6 Å². The highest BCUT2D eigenvalue weighted by Gasteiger charge is 2.01. The van der Waals surface area contributed by atoms with Crippen LogP contribution in [0.1, 0.15) is 12.1 Å². The van der Waals surface area contributed by atoms with Crippen molar-refractivity contribution in [2.75, 3.05) is 0 Å². The third-order valence-electron chi connectivity index (χ3n) is 0.798. The molecule has 1 aromatic heterocycles. The average Bonchev–Trinajstić information content (AvgIpc) is 2.12. The Kier molecular flexibility index (Phi) is 1.32. The Morgan fingerprint density at radius 3 is 2.50 bits per heavy atom. The Labute approximate surface area is 46.2 Å². The minimum Gasteiger partial charge on any atom is -0.464 e. The molecule has 0 unspecified atom stereocenters. The molecule has 0 saturated heterocycles. The summed E-state index contributed by atoms with van der Waals surface area (Å²) >= 11 is 0. The Bertz CT molecular complexity index is 143. The first-order valence-corrected chi connectivity index (χ1v) is 2.20. The Hall–Kier alpha value is -0.800. The molecule has 8 heavy (non-hydrogen) atoms. The normalized spacial score (nSPS) is 10.4. The molecule has 0 aliphatic rings. The predicted octanol–water partition coefficient (Wildman–Crippen LogP) is 0.263. The molecule has 2 N–H and O–H groups in total. The van der Waals surface area contributed by atoms with Gasteiger partial charge in [-0.2, -0.15) is 0 Å². The number of hydrogen-bond acceptors (Lipinski definition) is 3. The lowest BCUT2D eigenvalue weighted by molar-refractivity contribution is -0.0580. The maximum atomic E-state index is 8.37. The van der Waals surface area contributed by atoms with Gasteiger partial charge in [0, 0.05) is 0 Å². The van der Waals surface area contributed by atoms with Crippen LogP contribution in [0.2, 0.25) is 0 Å². The molecule has 0 amide bonds. The predicted molar refractivity (Wildman–Crippen MR) is 25.9 cm³/mol. The molecule has 1 heterocycles. The van der Waals surface area contributed by atoms with E-state index in [1.165, 1.54) is 12.3 Å². The summed E-state index contributed by atoms with van der Waals surface area (Å²) in [4.78, 5) is 0. The van der Waals surface area contributed by atoms with Crippen LogP contribution < -0.4 is 0 Å². The van der Waals surface area contributed by atoms with Crippen molar-refractivity contribution < 1.29 is 14.6 Å². The number of aliphatic hydroxyl groups is 2. The van der Waals surface area contributed by atoms with Crippen molar-refractivity contribution in [1.82, 2.24) is 0 Å². The Balaban J connectivity index is 2.77. The van der Waals surface area contributed by atoms with Gasteiger partial charge in [-0.1, -0.05) is 0 Å². The van der Waals surface area contributed by atoms with Gasteiger partial charge in [-0.3, -0.25) is 0 Å². The molecular formula is C5H6O3. The molecule has 3 heteroatoms. The van der Waals surface area contributed by atoms with Crippen molar-refractivity contribution in [3.8, 4) is 0 Å². The third-order valence-corrected chi connectivity index (χ3v) is 0.798. The lowest BCUT2D eigenvalue weighted by Crippen LogP contribution is -1.89. The third kappa shape index (κ3) is 0.882. The van der Waals surface area contributed by atoms with Crippen LogP contribution in [-0.2, 0) is 0 Å². The minimum atomic E-state index is -1.48. The van der Waals surface area contributed by atoms with Crippen LogP contribution in [0, 0.1) is 0 Å². The summed E-state index contributed by atoms with van der Waals surface area (Å²) in [6.45, 7) is 0. The van der Waals surface area contributed by atoms with Crippen molar-refractivity contribution in [1.29, 1.82) is 0 Å². The number of hydrogen-bond donors (Lipinski definition) is 2. The van der Waals surface area contributed by atoms with Crippen molar-refractivity contribution in [2.45, 2.75) is 6.29 Å². The molecule has 3 nitrogen and oxygen atoms in total. The van der Waals surface area contributed by atoms with Gasteiger partial charge in [0.05, 0.1) is 6.26 Å². The van der Waals surface area contributed by atoms with E-state index < -0.39 is 6.29 Å². The summed E-state index contributed by atoms with van der Waals surface area (Å²) in [5, 5.41) is 16.7. The summed E-state index contributed by atoms with van der Waals surface area (Å²) in [5.74, 6) is 0.171. The van der Waals surface area contributed by atoms with Gasteiger partial charge < -0.3 is 14.6 Å². The van der Waals surface area contributed by atoms with E-state index in [1.54, 1.807) is 6.07 Å². The van der Waals surface area contributed by atoms with E-state index in [2.05, 4.69) is 4.42 Å². The zero-order chi connectivity index (χ0) is 5.98. The molecular weight excluding hydrogens is 108 g/mol. The number of aliphatic hydroxyl groups excluding tert-OH is 1. The van der Waals surface area contributed by atoms with Crippen LogP contribution in [0.4, 0.5) is 0 Å². The lowest BCUT2D eigenvalue weighted by atomic mass is 10.4. The smallest absolute Gasteiger partial charge is 0.212 e. The molecule has 0 aliphatic heterocycles. The van der Waals surface area contributed by atoms with Crippen LogP contribution in [0.15, 0.2) is 22.8 Å². The van der Waals surface area contributed by atoms with E-state index in [4.69, 9.17) is 10.2 Å². The van der Waals surface area contributed by atoms with E-state index in [9.17, 15) is 0 Å². The van der Waals surface area contributed by atoms with Crippen LogP contribution >= 0.6 is 0 Å². The molecule has 0 bridgehead atoms. The molecule has 0 spiro atoms. The first-order valence-electron chi connectivity index (χ1n) is 2.20. The number of rotatable bonds is 1. The first-order chi connectivity index (χ1) is 3.80. The van der Waals surface area contributed by atoms with Crippen LogP contribution in [0.5, 0.6) is 0 Å². The quantitative estimate of drug-likeness (QED) is 0.515. The van der Waals surface area contributed by atoms with Crippen molar-refractivity contribution in [2.24, 2.45) is 0 Å². The lowest BCUT2D eigenvalue weighted by Gasteiger charge is -1.93. The van der Waals surface area contributed by atoms with Gasteiger partial charge >= 0.3 is 0 Å². The zero-order valence-corrected chi connectivity index (χ0v) is 4.11. The second-order valence-corrected chi connectivity index (χ2v) is 1.39. The molecule has 0 aromatic carbocycles. The van der Waals surface area contributed by atoms with Crippen LogP contribution in [-0.4, -0.2) is 10.2 Å².